The van der Waals surface area contributed by atoms with Crippen LogP contribution in [0.3, 0.4) is 0 Å². The number of carboxylic acids is 1. The molecule has 110 valence electrons. The van der Waals surface area contributed by atoms with Crippen LogP contribution in [-0.2, 0) is 11.2 Å². The number of carboxylic acid groups (broad SMARTS) is 1. The normalized spacial score (nSPS) is 12.3. The molecule has 2 aromatic rings. The lowest BCUT2D eigenvalue weighted by molar-refractivity contribution is -0.143. The van der Waals surface area contributed by atoms with Crippen LogP contribution >= 0.6 is 0 Å². The second kappa shape index (κ2) is 6.95. The first-order chi connectivity index (χ1) is 10.1. The van der Waals surface area contributed by atoms with Crippen molar-refractivity contribution in [2.75, 3.05) is 13.6 Å². The number of pyridine rings is 1. The maximum Gasteiger partial charge on any atom is 0.325 e. The van der Waals surface area contributed by atoms with Gasteiger partial charge >= 0.3 is 5.97 Å². The average molecular weight is 288 g/mol. The summed E-state index contributed by atoms with van der Waals surface area (Å²) in [5.41, 5.74) is 1.25. The monoisotopic (exact) mass is 288 g/mol. The van der Waals surface area contributed by atoms with Crippen molar-refractivity contribution in [3.05, 3.63) is 65.7 Å². The molecule has 1 atom stereocenters. The molecule has 0 amide bonds. The van der Waals surface area contributed by atoms with Crippen LogP contribution in [-0.4, -0.2) is 34.6 Å². The molecule has 1 unspecified atom stereocenters. The zero-order valence-corrected chi connectivity index (χ0v) is 11.7. The van der Waals surface area contributed by atoms with E-state index < -0.39 is 17.8 Å². The summed E-state index contributed by atoms with van der Waals surface area (Å²) >= 11 is 0. The third-order valence-electron chi connectivity index (χ3n) is 3.38. The van der Waals surface area contributed by atoms with Crippen molar-refractivity contribution in [3.8, 4) is 0 Å². The van der Waals surface area contributed by atoms with Crippen molar-refractivity contribution in [2.45, 2.75) is 12.5 Å². The summed E-state index contributed by atoms with van der Waals surface area (Å²) in [7, 11) is 1.69. The van der Waals surface area contributed by atoms with Crippen molar-refractivity contribution in [1.82, 2.24) is 9.88 Å². The quantitative estimate of drug-likeness (QED) is 0.887. The summed E-state index contributed by atoms with van der Waals surface area (Å²) in [6.45, 7) is 0.509. The second-order valence-corrected chi connectivity index (χ2v) is 4.85. The molecule has 4 nitrogen and oxygen atoms in total. The third-order valence-corrected chi connectivity index (χ3v) is 3.38. The number of benzene rings is 1. The van der Waals surface area contributed by atoms with Gasteiger partial charge in [0.1, 0.15) is 11.9 Å². The van der Waals surface area contributed by atoms with E-state index in [0.717, 1.165) is 5.56 Å². The van der Waals surface area contributed by atoms with Crippen LogP contribution in [0.15, 0.2) is 48.8 Å². The van der Waals surface area contributed by atoms with Crippen molar-refractivity contribution >= 4 is 5.97 Å². The fourth-order valence-corrected chi connectivity index (χ4v) is 2.24. The molecule has 21 heavy (non-hydrogen) atoms. The van der Waals surface area contributed by atoms with Gasteiger partial charge in [0.15, 0.2) is 0 Å². The summed E-state index contributed by atoms with van der Waals surface area (Å²) in [4.78, 5) is 17.1. The average Bonchev–Trinajstić information content (AvgIpc) is 2.48. The minimum Gasteiger partial charge on any atom is -0.480 e. The number of likely N-dealkylation sites (N-methyl/N-ethyl adjacent to an activating group) is 1. The second-order valence-electron chi connectivity index (χ2n) is 4.85. The van der Waals surface area contributed by atoms with E-state index in [0.29, 0.717) is 13.0 Å². The van der Waals surface area contributed by atoms with Crippen LogP contribution in [0.1, 0.15) is 17.2 Å². The number of carbonyl (C=O) groups is 1. The SMILES string of the molecule is CN(CCc1ccncc1)C(C(=O)O)c1ccccc1F. The summed E-state index contributed by atoms with van der Waals surface area (Å²) in [5, 5.41) is 9.40. The highest BCUT2D eigenvalue weighted by molar-refractivity contribution is 5.75. The van der Waals surface area contributed by atoms with Crippen LogP contribution in [0.5, 0.6) is 0 Å². The molecule has 1 heterocycles. The van der Waals surface area contributed by atoms with E-state index in [1.54, 1.807) is 36.5 Å². The molecule has 0 aliphatic heterocycles. The van der Waals surface area contributed by atoms with E-state index in [9.17, 15) is 14.3 Å². The van der Waals surface area contributed by atoms with E-state index in [2.05, 4.69) is 4.98 Å². The van der Waals surface area contributed by atoms with Crippen molar-refractivity contribution in [2.24, 2.45) is 0 Å². The van der Waals surface area contributed by atoms with Gasteiger partial charge in [0, 0.05) is 24.5 Å². The third kappa shape index (κ3) is 3.86. The van der Waals surface area contributed by atoms with E-state index in [1.807, 2.05) is 12.1 Å². The number of halogens is 1. The minimum atomic E-state index is -1.06. The van der Waals surface area contributed by atoms with Gasteiger partial charge in [-0.05, 0) is 37.2 Å². The molecular weight excluding hydrogens is 271 g/mol. The number of aromatic nitrogens is 1. The topological polar surface area (TPSA) is 53.4 Å². The lowest BCUT2D eigenvalue weighted by Crippen LogP contribution is -2.33. The van der Waals surface area contributed by atoms with Crippen molar-refractivity contribution in [3.63, 3.8) is 0 Å². The van der Waals surface area contributed by atoms with Crippen molar-refractivity contribution < 1.29 is 14.3 Å². The molecule has 2 rings (SSSR count). The van der Waals surface area contributed by atoms with Gasteiger partial charge in [-0.2, -0.15) is 0 Å². The highest BCUT2D eigenvalue weighted by Crippen LogP contribution is 2.22. The maximum atomic E-state index is 13.8. The molecular formula is C16H17FN2O2. The Morgan fingerprint density at radius 3 is 2.57 bits per heavy atom. The number of hydrogen-bond donors (Lipinski definition) is 1. The van der Waals surface area contributed by atoms with Crippen molar-refractivity contribution in [1.29, 1.82) is 0 Å². The molecule has 0 fully saturated rings. The van der Waals surface area contributed by atoms with Gasteiger partial charge in [-0.15, -0.1) is 0 Å². The number of hydrogen-bond acceptors (Lipinski definition) is 3. The molecule has 0 aliphatic rings. The Hall–Kier alpha value is -2.27. The molecule has 1 N–H and O–H groups in total. The number of rotatable bonds is 6. The predicted molar refractivity (Wildman–Crippen MR) is 77.3 cm³/mol. The van der Waals surface area contributed by atoms with E-state index in [-0.39, 0.29) is 5.56 Å². The lowest BCUT2D eigenvalue weighted by Gasteiger charge is -2.25. The van der Waals surface area contributed by atoms with Gasteiger partial charge in [-0.25, -0.2) is 4.39 Å². The first-order valence-electron chi connectivity index (χ1n) is 6.66. The van der Waals surface area contributed by atoms with Crippen LogP contribution < -0.4 is 0 Å². The van der Waals surface area contributed by atoms with Crippen LogP contribution in [0.25, 0.3) is 0 Å². The Kier molecular flexibility index (Phi) is 5.00. The molecule has 0 saturated carbocycles. The highest BCUT2D eigenvalue weighted by Gasteiger charge is 2.26. The molecule has 0 bridgehead atoms. The summed E-state index contributed by atoms with van der Waals surface area (Å²) in [6.07, 6.45) is 4.07. The molecule has 0 aliphatic carbocycles. The van der Waals surface area contributed by atoms with E-state index >= 15 is 0 Å². The predicted octanol–water partition coefficient (Wildman–Crippen LogP) is 2.52. The zero-order chi connectivity index (χ0) is 15.2. The van der Waals surface area contributed by atoms with Gasteiger partial charge in [0.25, 0.3) is 0 Å². The molecule has 1 aromatic heterocycles. The number of aliphatic carboxylic acids is 1. The van der Waals surface area contributed by atoms with Gasteiger partial charge in [-0.3, -0.25) is 14.7 Å². The number of nitrogens with zero attached hydrogens (tertiary/aromatic N) is 2. The Bertz CT molecular complexity index is 604. The smallest absolute Gasteiger partial charge is 0.325 e. The standard InChI is InChI=1S/C16H17FN2O2/c1-19(11-8-12-6-9-18-10-7-12)15(16(20)21)13-4-2-3-5-14(13)17/h2-7,9-10,15H,8,11H2,1H3,(H,20,21). The van der Waals surface area contributed by atoms with E-state index in [4.69, 9.17) is 0 Å². The summed E-state index contributed by atoms with van der Waals surface area (Å²) in [5.74, 6) is -1.56. The Morgan fingerprint density at radius 1 is 1.29 bits per heavy atom. The maximum absolute atomic E-state index is 13.8. The molecule has 0 spiro atoms. The molecule has 0 radical (unpaired) electrons. The summed E-state index contributed by atoms with van der Waals surface area (Å²) < 4.78 is 13.8. The largest absolute Gasteiger partial charge is 0.480 e. The van der Waals surface area contributed by atoms with Crippen LogP contribution in [0.2, 0.25) is 0 Å². The van der Waals surface area contributed by atoms with Crippen LogP contribution in [0.4, 0.5) is 4.39 Å². The Balaban J connectivity index is 2.12. The fourth-order valence-electron chi connectivity index (χ4n) is 2.24. The first-order valence-corrected chi connectivity index (χ1v) is 6.66. The van der Waals surface area contributed by atoms with Gasteiger partial charge in [0.2, 0.25) is 0 Å². The highest BCUT2D eigenvalue weighted by atomic mass is 19.1. The molecule has 0 saturated heterocycles. The lowest BCUT2D eigenvalue weighted by atomic mass is 10.0. The Labute approximate surface area is 122 Å². The summed E-state index contributed by atoms with van der Waals surface area (Å²) in [6, 6.07) is 8.76. The van der Waals surface area contributed by atoms with Gasteiger partial charge in [0.05, 0.1) is 0 Å². The Morgan fingerprint density at radius 2 is 1.95 bits per heavy atom. The van der Waals surface area contributed by atoms with E-state index in [1.165, 1.54) is 12.1 Å². The molecule has 1 aromatic carbocycles. The fraction of sp³-hybridized carbons (Fsp3) is 0.250. The van der Waals surface area contributed by atoms with Gasteiger partial charge < -0.3 is 5.11 Å². The zero-order valence-electron chi connectivity index (χ0n) is 11.7. The van der Waals surface area contributed by atoms with Crippen LogP contribution in [0, 0.1) is 5.82 Å². The molecule has 5 heteroatoms. The minimum absolute atomic E-state index is 0.183. The van der Waals surface area contributed by atoms with Gasteiger partial charge in [-0.1, -0.05) is 18.2 Å². The first kappa shape index (κ1) is 15.1.